The van der Waals surface area contributed by atoms with E-state index in [0.717, 1.165) is 0 Å². The largest absolute Gasteiger partial charge is 0.347 e. The molecule has 1 aromatic rings. The fourth-order valence-electron chi connectivity index (χ4n) is 0.978. The van der Waals surface area contributed by atoms with Crippen LogP contribution in [0.15, 0.2) is 29.2 Å². The smallest absolute Gasteiger partial charge is 0.324 e. The molecule has 1 aromatic carbocycles. The fourth-order valence-corrected chi connectivity index (χ4v) is 1.97. The Labute approximate surface area is 83.8 Å². The van der Waals surface area contributed by atoms with Gasteiger partial charge in [-0.05, 0) is 18.6 Å². The summed E-state index contributed by atoms with van der Waals surface area (Å²) in [5, 5.41) is 0. The molecule has 0 unspecified atom stereocenters. The van der Waals surface area contributed by atoms with Crippen LogP contribution in [0.25, 0.3) is 0 Å². The zero-order valence-corrected chi connectivity index (χ0v) is 8.76. The molecule has 3 nitrogen and oxygen atoms in total. The van der Waals surface area contributed by atoms with Gasteiger partial charge in [-0.2, -0.15) is 8.42 Å². The van der Waals surface area contributed by atoms with Crippen molar-refractivity contribution in [1.29, 1.82) is 0 Å². The molecule has 0 N–H and O–H groups in total. The molecule has 0 saturated carbocycles. The van der Waals surface area contributed by atoms with Crippen LogP contribution < -0.4 is 0 Å². The maximum atomic E-state index is 11.5. The molecule has 0 aliphatic rings. The van der Waals surface area contributed by atoms with Gasteiger partial charge in [-0.3, -0.25) is 0 Å². The van der Waals surface area contributed by atoms with E-state index in [0.29, 0.717) is 5.56 Å². The first-order valence-corrected chi connectivity index (χ1v) is 5.39. The van der Waals surface area contributed by atoms with Crippen LogP contribution in [0.1, 0.15) is 12.5 Å². The number of benzene rings is 1. The molecule has 4 heteroatoms. The van der Waals surface area contributed by atoms with Crippen molar-refractivity contribution in [2.75, 3.05) is 0 Å². The van der Waals surface area contributed by atoms with Gasteiger partial charge in [0.05, 0.1) is 0 Å². The lowest BCUT2D eigenvalue weighted by Crippen LogP contribution is -2.04. The standard InChI is InChI=1S/C10H10O3S/c1-3-8-13-14(11,12)10-7-5-4-6-9(10)2/h4-7H,1-2H3. The summed E-state index contributed by atoms with van der Waals surface area (Å²) in [6.07, 6.45) is 2.08. The third-order valence-corrected chi connectivity index (χ3v) is 2.92. The summed E-state index contributed by atoms with van der Waals surface area (Å²) in [5.41, 5.74) is 0.644. The molecule has 1 rings (SSSR count). The molecule has 0 heterocycles. The maximum absolute atomic E-state index is 11.5. The minimum absolute atomic E-state index is 0.155. The number of hydrogen-bond donors (Lipinski definition) is 0. The first-order chi connectivity index (χ1) is 6.58. The van der Waals surface area contributed by atoms with Crippen molar-refractivity contribution >= 4 is 10.1 Å². The second-order valence-corrected chi connectivity index (χ2v) is 4.17. The SMILES string of the molecule is CC#COS(=O)(=O)c1ccccc1C. The fraction of sp³-hybridized carbons (Fsp3) is 0.200. The Hall–Kier alpha value is -1.47. The van der Waals surface area contributed by atoms with Crippen LogP contribution in [0.2, 0.25) is 0 Å². The topological polar surface area (TPSA) is 43.4 Å². The molecule has 0 radical (unpaired) electrons. The predicted octanol–water partition coefficient (Wildman–Crippen LogP) is 1.68. The van der Waals surface area contributed by atoms with Crippen molar-refractivity contribution in [3.8, 4) is 12.0 Å². The second-order valence-electron chi connectivity index (χ2n) is 2.66. The normalized spacial score (nSPS) is 10.1. The Bertz CT molecular complexity index is 478. The van der Waals surface area contributed by atoms with Crippen LogP contribution in [-0.2, 0) is 14.3 Å². The van der Waals surface area contributed by atoms with E-state index in [4.69, 9.17) is 0 Å². The van der Waals surface area contributed by atoms with E-state index in [9.17, 15) is 8.42 Å². The molecule has 14 heavy (non-hydrogen) atoms. The Kier molecular flexibility index (Phi) is 3.15. The van der Waals surface area contributed by atoms with Gasteiger partial charge in [0.2, 0.25) is 0 Å². The lowest BCUT2D eigenvalue weighted by atomic mass is 10.2. The second kappa shape index (κ2) is 4.16. The molecule has 0 amide bonds. The summed E-state index contributed by atoms with van der Waals surface area (Å²) in [4.78, 5) is 0.155. The zero-order chi connectivity index (χ0) is 10.6. The van der Waals surface area contributed by atoms with Crippen LogP contribution in [-0.4, -0.2) is 8.42 Å². The lowest BCUT2D eigenvalue weighted by Gasteiger charge is -2.03. The molecular weight excluding hydrogens is 200 g/mol. The van der Waals surface area contributed by atoms with Gasteiger partial charge in [0, 0.05) is 6.92 Å². The van der Waals surface area contributed by atoms with Crippen molar-refractivity contribution in [2.24, 2.45) is 0 Å². The average Bonchev–Trinajstić information content (AvgIpc) is 2.15. The highest BCUT2D eigenvalue weighted by Crippen LogP contribution is 2.15. The monoisotopic (exact) mass is 210 g/mol. The molecule has 0 bridgehead atoms. The van der Waals surface area contributed by atoms with Gasteiger partial charge in [-0.15, -0.1) is 0 Å². The van der Waals surface area contributed by atoms with Crippen LogP contribution in [0.5, 0.6) is 0 Å². The molecule has 0 fully saturated rings. The zero-order valence-electron chi connectivity index (χ0n) is 7.94. The predicted molar refractivity (Wildman–Crippen MR) is 52.9 cm³/mol. The average molecular weight is 210 g/mol. The Morgan fingerprint density at radius 3 is 2.50 bits per heavy atom. The van der Waals surface area contributed by atoms with Crippen molar-refractivity contribution in [2.45, 2.75) is 18.7 Å². The minimum Gasteiger partial charge on any atom is -0.324 e. The summed E-state index contributed by atoms with van der Waals surface area (Å²) < 4.78 is 27.4. The van der Waals surface area contributed by atoms with Crippen LogP contribution in [0.4, 0.5) is 0 Å². The maximum Gasteiger partial charge on any atom is 0.347 e. The van der Waals surface area contributed by atoms with Crippen molar-refractivity contribution in [3.63, 3.8) is 0 Å². The minimum atomic E-state index is -3.73. The van der Waals surface area contributed by atoms with Crippen LogP contribution in [0.3, 0.4) is 0 Å². The van der Waals surface area contributed by atoms with Gasteiger partial charge < -0.3 is 4.18 Å². The van der Waals surface area contributed by atoms with E-state index in [1.807, 2.05) is 0 Å². The summed E-state index contributed by atoms with van der Waals surface area (Å²) in [6, 6.07) is 6.60. The summed E-state index contributed by atoms with van der Waals surface area (Å²) in [7, 11) is -3.73. The van der Waals surface area contributed by atoms with Gasteiger partial charge in [-0.1, -0.05) is 24.1 Å². The number of aryl methyl sites for hydroxylation is 1. The molecule has 0 aromatic heterocycles. The van der Waals surface area contributed by atoms with Gasteiger partial charge >= 0.3 is 10.1 Å². The first kappa shape index (κ1) is 10.6. The van der Waals surface area contributed by atoms with E-state index in [1.165, 1.54) is 13.0 Å². The lowest BCUT2D eigenvalue weighted by molar-refractivity contribution is 0.465. The quantitative estimate of drug-likeness (QED) is 0.551. The summed E-state index contributed by atoms with van der Waals surface area (Å²) >= 11 is 0. The van der Waals surface area contributed by atoms with Gasteiger partial charge in [-0.25, -0.2) is 0 Å². The highest BCUT2D eigenvalue weighted by Gasteiger charge is 2.16. The number of rotatable bonds is 2. The Morgan fingerprint density at radius 1 is 1.29 bits per heavy atom. The van der Waals surface area contributed by atoms with Crippen molar-refractivity contribution < 1.29 is 12.6 Å². The number of hydrogen-bond acceptors (Lipinski definition) is 3. The van der Waals surface area contributed by atoms with Gasteiger partial charge in [0.15, 0.2) is 0 Å². The van der Waals surface area contributed by atoms with E-state index in [-0.39, 0.29) is 4.90 Å². The highest BCUT2D eigenvalue weighted by atomic mass is 32.2. The van der Waals surface area contributed by atoms with Crippen LogP contribution >= 0.6 is 0 Å². The molecule has 0 aliphatic heterocycles. The third-order valence-electron chi connectivity index (χ3n) is 1.62. The first-order valence-electron chi connectivity index (χ1n) is 3.99. The summed E-state index contributed by atoms with van der Waals surface area (Å²) in [6.45, 7) is 3.21. The Balaban J connectivity index is 3.15. The Morgan fingerprint density at radius 2 is 1.93 bits per heavy atom. The molecular formula is C10H10O3S. The molecule has 0 aliphatic carbocycles. The van der Waals surface area contributed by atoms with E-state index >= 15 is 0 Å². The van der Waals surface area contributed by atoms with E-state index in [2.05, 4.69) is 16.2 Å². The van der Waals surface area contributed by atoms with Crippen molar-refractivity contribution in [1.82, 2.24) is 0 Å². The van der Waals surface area contributed by atoms with Crippen LogP contribution in [0, 0.1) is 19.0 Å². The molecule has 0 saturated heterocycles. The molecule has 0 spiro atoms. The van der Waals surface area contributed by atoms with Crippen molar-refractivity contribution in [3.05, 3.63) is 29.8 Å². The molecule has 74 valence electrons. The third kappa shape index (κ3) is 2.27. The van der Waals surface area contributed by atoms with Gasteiger partial charge in [0.1, 0.15) is 11.0 Å². The van der Waals surface area contributed by atoms with E-state index < -0.39 is 10.1 Å². The molecule has 0 atom stereocenters. The highest BCUT2D eigenvalue weighted by molar-refractivity contribution is 7.87. The van der Waals surface area contributed by atoms with Gasteiger partial charge in [0.25, 0.3) is 0 Å². The van der Waals surface area contributed by atoms with E-state index in [1.54, 1.807) is 25.1 Å². The summed E-state index contributed by atoms with van der Waals surface area (Å²) in [5.74, 6) is 2.36.